The van der Waals surface area contributed by atoms with Gasteiger partial charge in [-0.1, -0.05) is 66.2 Å². The Hall–Kier alpha value is -6.74. The average Bonchev–Trinajstić information content (AvgIpc) is 3.12. The maximum atomic E-state index is 14.1. The highest BCUT2D eigenvalue weighted by molar-refractivity contribution is 5.96. The molecule has 0 aliphatic carbocycles. The van der Waals surface area contributed by atoms with E-state index < -0.39 is 29.1 Å². The van der Waals surface area contributed by atoms with Gasteiger partial charge in [0.05, 0.1) is 22.3 Å². The van der Waals surface area contributed by atoms with E-state index in [-0.39, 0.29) is 51.3 Å². The molecule has 5 aromatic carbocycles. The lowest BCUT2D eigenvalue weighted by molar-refractivity contribution is 0.0718. The van der Waals surface area contributed by atoms with E-state index in [1.165, 1.54) is 24.5 Å². The van der Waals surface area contributed by atoms with Crippen molar-refractivity contribution in [2.45, 2.75) is 20.3 Å². The van der Waals surface area contributed by atoms with Gasteiger partial charge in [-0.2, -0.15) is 0 Å². The van der Waals surface area contributed by atoms with Gasteiger partial charge >= 0.3 is 17.9 Å². The third kappa shape index (κ3) is 7.22. The number of ether oxygens (including phenoxy) is 3. The van der Waals surface area contributed by atoms with Crippen LogP contribution < -0.4 is 19.6 Å². The fourth-order valence-electron chi connectivity index (χ4n) is 5.19. The molecule has 1 aromatic heterocycles. The van der Waals surface area contributed by atoms with Crippen molar-refractivity contribution in [3.63, 3.8) is 0 Å². The predicted octanol–water partition coefficient (Wildman–Crippen LogP) is 8.33. The van der Waals surface area contributed by atoms with Crippen LogP contribution in [0, 0.1) is 0 Å². The molecule has 248 valence electrons. The third-order valence-corrected chi connectivity index (χ3v) is 7.69. The minimum absolute atomic E-state index is 0.0331. The minimum atomic E-state index is -0.713. The van der Waals surface area contributed by atoms with Gasteiger partial charge in [0.15, 0.2) is 0 Å². The van der Waals surface area contributed by atoms with Crippen LogP contribution in [0.4, 0.5) is 0 Å². The molecule has 0 aliphatic heterocycles. The Kier molecular flexibility index (Phi) is 9.67. The smallest absolute Gasteiger partial charge is 0.343 e. The number of hydrogen-bond acceptors (Lipinski definition) is 9. The number of carbonyl (C=O) groups excluding carboxylic acids is 3. The second kappa shape index (κ2) is 14.6. The number of benzene rings is 5. The monoisotopic (exact) mass is 666 g/mol. The van der Waals surface area contributed by atoms with Crippen molar-refractivity contribution in [3.05, 3.63) is 166 Å². The van der Waals surface area contributed by atoms with Crippen molar-refractivity contribution in [1.82, 2.24) is 0 Å². The first-order valence-corrected chi connectivity index (χ1v) is 15.6. The minimum Gasteiger partial charge on any atom is -0.507 e. The number of allylic oxidation sites excluding steroid dienone is 2. The summed E-state index contributed by atoms with van der Waals surface area (Å²) < 4.78 is 23.1. The largest absolute Gasteiger partial charge is 0.507 e. The van der Waals surface area contributed by atoms with E-state index in [1.807, 2.05) is 19.9 Å². The van der Waals surface area contributed by atoms with Crippen molar-refractivity contribution in [2.75, 3.05) is 0 Å². The molecule has 0 aliphatic rings. The highest BCUT2D eigenvalue weighted by Crippen LogP contribution is 2.40. The second-order valence-corrected chi connectivity index (χ2v) is 11.5. The molecule has 9 heteroatoms. The molecule has 0 atom stereocenters. The highest BCUT2D eigenvalue weighted by Gasteiger charge is 2.25. The molecule has 0 saturated carbocycles. The van der Waals surface area contributed by atoms with E-state index >= 15 is 0 Å². The molecule has 1 heterocycles. The SMILES string of the molecule is CC(C)=CCc1c(OC(=O)c2ccccc2)ccc(-c2coc3cc(OC(=O)c4ccccc4)cc(O)c3c2=O)c1OC(=O)c1ccccc1. The summed E-state index contributed by atoms with van der Waals surface area (Å²) in [4.78, 5) is 53.3. The van der Waals surface area contributed by atoms with Crippen LogP contribution in [-0.4, -0.2) is 23.0 Å². The van der Waals surface area contributed by atoms with Gasteiger partial charge in [-0.05, 0) is 68.8 Å². The first-order valence-electron chi connectivity index (χ1n) is 15.6. The number of phenols is 1. The molecule has 6 rings (SSSR count). The summed E-state index contributed by atoms with van der Waals surface area (Å²) in [5, 5.41) is 10.8. The zero-order chi connectivity index (χ0) is 35.2. The first kappa shape index (κ1) is 33.2. The lowest BCUT2D eigenvalue weighted by Crippen LogP contribution is -2.15. The van der Waals surface area contributed by atoms with Gasteiger partial charge in [0.25, 0.3) is 0 Å². The van der Waals surface area contributed by atoms with Crippen molar-refractivity contribution >= 4 is 28.9 Å². The average molecular weight is 667 g/mol. The second-order valence-electron chi connectivity index (χ2n) is 11.5. The molecule has 6 aromatic rings. The van der Waals surface area contributed by atoms with Crippen LogP contribution in [0.5, 0.6) is 23.0 Å². The Morgan fingerprint density at radius 2 is 1.22 bits per heavy atom. The van der Waals surface area contributed by atoms with Crippen LogP contribution in [0.1, 0.15) is 50.5 Å². The quantitative estimate of drug-likeness (QED) is 0.0920. The van der Waals surface area contributed by atoms with Gasteiger partial charge in [0, 0.05) is 23.3 Å². The highest BCUT2D eigenvalue weighted by atomic mass is 16.5. The summed E-state index contributed by atoms with van der Waals surface area (Å²) in [6, 6.07) is 30.5. The normalized spacial score (nSPS) is 10.7. The van der Waals surface area contributed by atoms with Gasteiger partial charge < -0.3 is 23.7 Å². The summed E-state index contributed by atoms with van der Waals surface area (Å²) in [6.45, 7) is 3.78. The van der Waals surface area contributed by atoms with Crippen molar-refractivity contribution in [3.8, 4) is 34.1 Å². The molecule has 0 bridgehead atoms. The first-order chi connectivity index (χ1) is 24.2. The van der Waals surface area contributed by atoms with Crippen molar-refractivity contribution < 1.29 is 38.1 Å². The van der Waals surface area contributed by atoms with Crippen LogP contribution in [-0.2, 0) is 6.42 Å². The van der Waals surface area contributed by atoms with Crippen LogP contribution in [0.25, 0.3) is 22.1 Å². The summed E-state index contributed by atoms with van der Waals surface area (Å²) in [5.74, 6) is -2.44. The van der Waals surface area contributed by atoms with E-state index in [4.69, 9.17) is 18.6 Å². The molecule has 0 fully saturated rings. The molecular formula is C41H30O9. The van der Waals surface area contributed by atoms with Gasteiger partial charge in [0.1, 0.15) is 40.2 Å². The summed E-state index contributed by atoms with van der Waals surface area (Å²) in [5.41, 5.74) is 1.53. The molecule has 0 amide bonds. The predicted molar refractivity (Wildman–Crippen MR) is 187 cm³/mol. The van der Waals surface area contributed by atoms with E-state index in [0.717, 1.165) is 11.6 Å². The topological polar surface area (TPSA) is 129 Å². The van der Waals surface area contributed by atoms with Gasteiger partial charge in [-0.3, -0.25) is 4.79 Å². The number of aromatic hydroxyl groups is 1. The molecular weight excluding hydrogens is 636 g/mol. The zero-order valence-corrected chi connectivity index (χ0v) is 27.0. The van der Waals surface area contributed by atoms with Crippen LogP contribution >= 0.6 is 0 Å². The lowest BCUT2D eigenvalue weighted by Gasteiger charge is -2.18. The number of hydrogen-bond donors (Lipinski definition) is 1. The Morgan fingerprint density at radius 3 is 1.78 bits per heavy atom. The van der Waals surface area contributed by atoms with Crippen LogP contribution in [0.15, 0.2) is 142 Å². The van der Waals surface area contributed by atoms with Crippen molar-refractivity contribution in [2.24, 2.45) is 0 Å². The Morgan fingerprint density at radius 1 is 0.680 bits per heavy atom. The fourth-order valence-corrected chi connectivity index (χ4v) is 5.19. The molecule has 0 radical (unpaired) electrons. The Balaban J connectivity index is 1.48. The van der Waals surface area contributed by atoms with Gasteiger partial charge in [-0.25, -0.2) is 14.4 Å². The Bertz CT molecular complexity index is 2300. The molecule has 1 N–H and O–H groups in total. The summed E-state index contributed by atoms with van der Waals surface area (Å²) in [7, 11) is 0. The fraction of sp³-hybridized carbons (Fsp3) is 0.0732. The number of rotatable bonds is 9. The Labute approximate surface area is 286 Å². The maximum Gasteiger partial charge on any atom is 0.343 e. The van der Waals surface area contributed by atoms with Crippen LogP contribution in [0.3, 0.4) is 0 Å². The number of fused-ring (bicyclic) bond motifs is 1. The van der Waals surface area contributed by atoms with E-state index in [1.54, 1.807) is 91.0 Å². The third-order valence-electron chi connectivity index (χ3n) is 7.69. The number of carbonyl (C=O) groups is 3. The van der Waals surface area contributed by atoms with Crippen molar-refractivity contribution in [1.29, 1.82) is 0 Å². The molecule has 50 heavy (non-hydrogen) atoms. The summed E-state index contributed by atoms with van der Waals surface area (Å²) in [6.07, 6.45) is 3.21. The van der Waals surface area contributed by atoms with E-state index in [9.17, 15) is 24.3 Å². The molecule has 0 saturated heterocycles. The molecule has 0 spiro atoms. The van der Waals surface area contributed by atoms with Crippen LogP contribution in [0.2, 0.25) is 0 Å². The molecule has 0 unspecified atom stereocenters. The standard InChI is InChI=1S/C41H30O9/c1-25(2)18-19-31-34(49-40(45)27-14-8-4-9-15-27)21-20-30(38(31)50-41(46)28-16-10-5-11-17-28)32-24-47-35-23-29(22-33(42)36(35)37(32)43)48-39(44)26-12-6-3-7-13-26/h3-18,20-24,42H,19H2,1-2H3. The zero-order valence-electron chi connectivity index (χ0n) is 27.0. The number of esters is 3. The van der Waals surface area contributed by atoms with Gasteiger partial charge in [-0.15, -0.1) is 0 Å². The lowest BCUT2D eigenvalue weighted by atomic mass is 9.98. The van der Waals surface area contributed by atoms with E-state index in [2.05, 4.69) is 0 Å². The maximum absolute atomic E-state index is 14.1. The van der Waals surface area contributed by atoms with E-state index in [0.29, 0.717) is 16.7 Å². The summed E-state index contributed by atoms with van der Waals surface area (Å²) >= 11 is 0. The number of phenolic OH excluding ortho intramolecular Hbond substituents is 1. The van der Waals surface area contributed by atoms with Gasteiger partial charge in [0.2, 0.25) is 5.43 Å². The molecule has 9 nitrogen and oxygen atoms in total.